The van der Waals surface area contributed by atoms with E-state index in [1.807, 2.05) is 58.0 Å². The first-order valence-electron chi connectivity index (χ1n) is 11.8. The van der Waals surface area contributed by atoms with Crippen molar-refractivity contribution in [1.82, 2.24) is 10.2 Å². The number of rotatable bonds is 6. The molecule has 1 N–H and O–H groups in total. The maximum atomic E-state index is 13.5. The highest BCUT2D eigenvalue weighted by molar-refractivity contribution is 6.00. The molecule has 36 heavy (non-hydrogen) atoms. The molecule has 2 aromatic rings. The summed E-state index contributed by atoms with van der Waals surface area (Å²) in [6.07, 6.45) is 0.725. The number of hydrogen-bond donors (Lipinski definition) is 1. The first kappa shape index (κ1) is 29.3. The van der Waals surface area contributed by atoms with Gasteiger partial charge in [-0.1, -0.05) is 12.1 Å². The van der Waals surface area contributed by atoms with Gasteiger partial charge in [-0.25, -0.2) is 4.79 Å². The Balaban J connectivity index is 0.00000456. The van der Waals surface area contributed by atoms with Crippen LogP contribution in [0, 0.1) is 0 Å². The highest BCUT2D eigenvalue weighted by Gasteiger charge is 2.31. The van der Waals surface area contributed by atoms with E-state index in [-0.39, 0.29) is 24.2 Å². The van der Waals surface area contributed by atoms with Gasteiger partial charge in [0.1, 0.15) is 11.6 Å². The number of fused-ring (bicyclic) bond motifs is 1. The van der Waals surface area contributed by atoms with Crippen molar-refractivity contribution in [3.05, 3.63) is 59.2 Å². The van der Waals surface area contributed by atoms with Crippen LogP contribution in [-0.4, -0.2) is 69.6 Å². The lowest BCUT2D eigenvalue weighted by atomic mass is 9.91. The number of ether oxygens (including phenoxy) is 1. The number of nitrogens with zero attached hydrogens (tertiary/aromatic N) is 3. The largest absolute Gasteiger partial charge is 0.456 e. The van der Waals surface area contributed by atoms with Gasteiger partial charge >= 0.3 is 5.97 Å². The number of carbonyl (C=O) groups excluding carboxylic acids is 3. The maximum absolute atomic E-state index is 13.5. The summed E-state index contributed by atoms with van der Waals surface area (Å²) in [4.78, 5) is 43.6. The number of carbonyl (C=O) groups is 3. The van der Waals surface area contributed by atoms with Crippen molar-refractivity contribution in [2.45, 2.75) is 38.8 Å². The van der Waals surface area contributed by atoms with Gasteiger partial charge in [-0.3, -0.25) is 9.59 Å². The molecule has 1 heterocycles. The molecule has 1 unspecified atom stereocenters. The monoisotopic (exact) mass is 516 g/mol. The average molecular weight is 517 g/mol. The van der Waals surface area contributed by atoms with Gasteiger partial charge in [0.2, 0.25) is 11.8 Å². The standard InChI is InChI=1S/C27H36N4O4.ClH/c1-27(2,3)35-26(34)18-11-13-19(14-12-18)30(6)25(33)24-21-9-8-10-22(20(21)15-16-28-24)31(7)23(32)17-29(4)5;/h8-14,24,28H,15-17H2,1-7H3;1H. The summed E-state index contributed by atoms with van der Waals surface area (Å²) < 4.78 is 5.41. The van der Waals surface area contributed by atoms with Gasteiger partial charge in [0.15, 0.2) is 0 Å². The number of anilines is 2. The predicted molar refractivity (Wildman–Crippen MR) is 145 cm³/mol. The number of hydrogen-bond acceptors (Lipinski definition) is 6. The minimum atomic E-state index is -0.577. The SMILES string of the molecule is CN(C)CC(=O)N(C)c1cccc2c1CCNC2C(=O)N(C)c1ccc(C(=O)OC(C)(C)C)cc1.Cl. The van der Waals surface area contributed by atoms with Crippen LogP contribution in [0.15, 0.2) is 42.5 Å². The molecule has 2 aromatic carbocycles. The van der Waals surface area contributed by atoms with E-state index in [9.17, 15) is 14.4 Å². The zero-order valence-electron chi connectivity index (χ0n) is 22.1. The van der Waals surface area contributed by atoms with E-state index in [2.05, 4.69) is 5.32 Å². The zero-order valence-corrected chi connectivity index (χ0v) is 22.9. The summed E-state index contributed by atoms with van der Waals surface area (Å²) in [5.41, 5.74) is 3.24. The Hall–Kier alpha value is -2.94. The van der Waals surface area contributed by atoms with Gasteiger partial charge in [0, 0.05) is 32.0 Å². The summed E-state index contributed by atoms with van der Waals surface area (Å²) in [6.45, 7) is 6.40. The smallest absolute Gasteiger partial charge is 0.338 e. The number of benzene rings is 2. The molecule has 0 aromatic heterocycles. The van der Waals surface area contributed by atoms with Gasteiger partial charge in [-0.15, -0.1) is 12.4 Å². The van der Waals surface area contributed by atoms with Gasteiger partial charge in [0.25, 0.3) is 0 Å². The molecule has 0 saturated carbocycles. The lowest BCUT2D eigenvalue weighted by Gasteiger charge is -2.32. The van der Waals surface area contributed by atoms with Crippen molar-refractivity contribution < 1.29 is 19.1 Å². The summed E-state index contributed by atoms with van der Waals surface area (Å²) in [5.74, 6) is -0.524. The van der Waals surface area contributed by atoms with Gasteiger partial charge < -0.3 is 24.8 Å². The first-order chi connectivity index (χ1) is 16.4. The summed E-state index contributed by atoms with van der Waals surface area (Å²) in [5, 5.41) is 3.33. The minimum Gasteiger partial charge on any atom is -0.456 e. The molecule has 8 nitrogen and oxygen atoms in total. The Morgan fingerprint density at radius 3 is 2.19 bits per heavy atom. The van der Waals surface area contributed by atoms with Gasteiger partial charge in [0.05, 0.1) is 12.1 Å². The number of nitrogens with one attached hydrogen (secondary N) is 1. The number of halogens is 1. The molecule has 1 aliphatic heterocycles. The molecule has 0 saturated heterocycles. The van der Waals surface area contributed by atoms with Crippen molar-refractivity contribution in [3.8, 4) is 0 Å². The van der Waals surface area contributed by atoms with Crippen molar-refractivity contribution in [2.75, 3.05) is 51.1 Å². The molecule has 9 heteroatoms. The van der Waals surface area contributed by atoms with E-state index in [4.69, 9.17) is 4.74 Å². The van der Waals surface area contributed by atoms with Crippen LogP contribution in [0.1, 0.15) is 48.3 Å². The second-order valence-electron chi connectivity index (χ2n) is 10.1. The predicted octanol–water partition coefficient (Wildman–Crippen LogP) is 3.44. The molecule has 0 spiro atoms. The van der Waals surface area contributed by atoms with E-state index >= 15 is 0 Å². The second kappa shape index (κ2) is 11.9. The third-order valence-electron chi connectivity index (χ3n) is 5.88. The molecule has 0 bridgehead atoms. The number of likely N-dealkylation sites (N-methyl/N-ethyl adjacent to an activating group) is 3. The average Bonchev–Trinajstić information content (AvgIpc) is 2.80. The topological polar surface area (TPSA) is 82.2 Å². The zero-order chi connectivity index (χ0) is 25.9. The summed E-state index contributed by atoms with van der Waals surface area (Å²) in [6, 6.07) is 12.0. The lowest BCUT2D eigenvalue weighted by Crippen LogP contribution is -2.43. The normalized spacial score (nSPS) is 14.9. The van der Waals surface area contributed by atoms with Crippen LogP contribution >= 0.6 is 12.4 Å². The number of amides is 2. The van der Waals surface area contributed by atoms with Crippen LogP contribution in [0.25, 0.3) is 0 Å². The Kier molecular flexibility index (Phi) is 9.65. The van der Waals surface area contributed by atoms with E-state index in [0.717, 1.165) is 23.2 Å². The molecule has 3 rings (SSSR count). The van der Waals surface area contributed by atoms with Crippen molar-refractivity contribution in [3.63, 3.8) is 0 Å². The highest BCUT2D eigenvalue weighted by atomic mass is 35.5. The molecule has 0 aliphatic carbocycles. The third kappa shape index (κ3) is 6.84. The van der Waals surface area contributed by atoms with Crippen LogP contribution in [0.4, 0.5) is 11.4 Å². The quantitative estimate of drug-likeness (QED) is 0.592. The maximum Gasteiger partial charge on any atom is 0.338 e. The Morgan fingerprint density at radius 2 is 1.61 bits per heavy atom. The molecule has 1 atom stereocenters. The third-order valence-corrected chi connectivity index (χ3v) is 5.88. The van der Waals surface area contributed by atoms with Crippen LogP contribution in [-0.2, 0) is 20.7 Å². The summed E-state index contributed by atoms with van der Waals surface area (Å²) >= 11 is 0. The van der Waals surface area contributed by atoms with Crippen LogP contribution in [0.3, 0.4) is 0 Å². The fourth-order valence-electron chi connectivity index (χ4n) is 4.11. The van der Waals surface area contributed by atoms with Crippen molar-refractivity contribution >= 4 is 41.6 Å². The molecular formula is C27H37ClN4O4. The van der Waals surface area contributed by atoms with Gasteiger partial charge in [-0.2, -0.15) is 0 Å². The van der Waals surface area contributed by atoms with E-state index < -0.39 is 17.6 Å². The molecule has 0 fully saturated rings. The second-order valence-corrected chi connectivity index (χ2v) is 10.1. The van der Waals surface area contributed by atoms with E-state index in [0.29, 0.717) is 24.3 Å². The Bertz CT molecular complexity index is 1100. The van der Waals surface area contributed by atoms with Crippen LogP contribution < -0.4 is 15.1 Å². The van der Waals surface area contributed by atoms with Crippen LogP contribution in [0.2, 0.25) is 0 Å². The number of esters is 1. The van der Waals surface area contributed by atoms with Crippen molar-refractivity contribution in [1.29, 1.82) is 0 Å². The summed E-state index contributed by atoms with van der Waals surface area (Å²) in [7, 11) is 7.22. The van der Waals surface area contributed by atoms with E-state index in [1.54, 1.807) is 48.2 Å². The highest BCUT2D eigenvalue weighted by Crippen LogP contribution is 2.32. The molecular weight excluding hydrogens is 480 g/mol. The molecule has 196 valence electrons. The fraction of sp³-hybridized carbons (Fsp3) is 0.444. The van der Waals surface area contributed by atoms with E-state index in [1.165, 1.54) is 0 Å². The van der Waals surface area contributed by atoms with Crippen LogP contribution in [0.5, 0.6) is 0 Å². The first-order valence-corrected chi connectivity index (χ1v) is 11.8. The Labute approximate surface area is 220 Å². The molecule has 1 aliphatic rings. The van der Waals surface area contributed by atoms with Crippen molar-refractivity contribution in [2.24, 2.45) is 0 Å². The minimum absolute atomic E-state index is 0. The van der Waals surface area contributed by atoms with Gasteiger partial charge in [-0.05, 0) is 82.7 Å². The fourth-order valence-corrected chi connectivity index (χ4v) is 4.11. The lowest BCUT2D eigenvalue weighted by molar-refractivity contribution is -0.120. The molecule has 2 amide bonds. The molecule has 0 radical (unpaired) electrons. The Morgan fingerprint density at radius 1 is 0.972 bits per heavy atom.